The number of nitrogens with zero attached hydrogens (tertiary/aromatic N) is 1. The summed E-state index contributed by atoms with van der Waals surface area (Å²) in [6, 6.07) is 87.6. The zero-order valence-corrected chi connectivity index (χ0v) is 37.5. The molecule has 1 aliphatic rings. The van der Waals surface area contributed by atoms with Gasteiger partial charge in [-0.1, -0.05) is 227 Å². The molecule has 0 heterocycles. The van der Waals surface area contributed by atoms with E-state index in [0.29, 0.717) is 0 Å². The molecule has 0 bridgehead atoms. The van der Waals surface area contributed by atoms with Crippen molar-refractivity contribution < 1.29 is 0 Å². The normalized spacial score (nSPS) is 14.2. The predicted octanol–water partition coefficient (Wildman–Crippen LogP) is 17.6. The van der Waals surface area contributed by atoms with Gasteiger partial charge in [0, 0.05) is 22.4 Å². The second-order valence-electron chi connectivity index (χ2n) is 18.6. The van der Waals surface area contributed by atoms with Crippen LogP contribution in [0.5, 0.6) is 0 Å². The van der Waals surface area contributed by atoms with E-state index in [4.69, 9.17) is 0 Å². The summed E-state index contributed by atoms with van der Waals surface area (Å²) in [5.41, 5.74) is 20.4. The molecule has 1 unspecified atom stereocenters. The van der Waals surface area contributed by atoms with Gasteiger partial charge >= 0.3 is 0 Å². The number of hydrogen-bond acceptors (Lipinski definition) is 1. The summed E-state index contributed by atoms with van der Waals surface area (Å²) in [6.45, 7) is 9.23. The van der Waals surface area contributed by atoms with Crippen LogP contribution in [0.15, 0.2) is 237 Å². The number of fused-ring (bicyclic) bond motifs is 4. The lowest BCUT2D eigenvalue weighted by molar-refractivity contribution is 0.590. The molecule has 0 N–H and O–H groups in total. The largest absolute Gasteiger partial charge is 0.310 e. The van der Waals surface area contributed by atoms with Gasteiger partial charge in [0.1, 0.15) is 0 Å². The molecule has 1 atom stereocenters. The van der Waals surface area contributed by atoms with E-state index in [1.54, 1.807) is 0 Å². The van der Waals surface area contributed by atoms with Gasteiger partial charge in [0.25, 0.3) is 0 Å². The first kappa shape index (κ1) is 40.1. The van der Waals surface area contributed by atoms with Crippen molar-refractivity contribution in [1.82, 2.24) is 0 Å². The van der Waals surface area contributed by atoms with Gasteiger partial charge in [0.05, 0.1) is 5.69 Å². The molecule has 0 spiro atoms. The van der Waals surface area contributed by atoms with Crippen molar-refractivity contribution in [3.8, 4) is 55.6 Å². The number of benzene rings is 10. The Labute approximate surface area is 384 Å². The SMILES string of the molecule is CC(C)(C)c1ccc(-c2ccc(N(c3ccc4c(c3)-c3ccccc3C4(C)c3ccccc3)c3ccc4ccccc4c3-c3ccccc3-c3ccccc3)cc2-c2ccccc2)cc1. The average molecular weight is 834 g/mol. The molecule has 0 fully saturated rings. The fourth-order valence-corrected chi connectivity index (χ4v) is 10.4. The van der Waals surface area contributed by atoms with Crippen molar-refractivity contribution in [3.05, 3.63) is 259 Å². The first-order valence-electron chi connectivity index (χ1n) is 22.8. The topological polar surface area (TPSA) is 3.24 Å². The Bertz CT molecular complexity index is 3340. The maximum Gasteiger partial charge on any atom is 0.0546 e. The van der Waals surface area contributed by atoms with Crippen LogP contribution >= 0.6 is 0 Å². The highest BCUT2D eigenvalue weighted by molar-refractivity contribution is 6.08. The summed E-state index contributed by atoms with van der Waals surface area (Å²) in [5, 5.41) is 2.41. The molecular weight excluding hydrogens is 783 g/mol. The van der Waals surface area contributed by atoms with E-state index in [9.17, 15) is 0 Å². The molecule has 11 rings (SSSR count). The molecule has 1 aliphatic carbocycles. The first-order valence-corrected chi connectivity index (χ1v) is 22.8. The van der Waals surface area contributed by atoms with Crippen LogP contribution in [0.4, 0.5) is 17.1 Å². The van der Waals surface area contributed by atoms with Crippen molar-refractivity contribution in [2.24, 2.45) is 0 Å². The monoisotopic (exact) mass is 833 g/mol. The predicted molar refractivity (Wildman–Crippen MR) is 277 cm³/mol. The lowest BCUT2D eigenvalue weighted by Crippen LogP contribution is -2.22. The molecule has 0 aromatic heterocycles. The zero-order valence-electron chi connectivity index (χ0n) is 37.5. The summed E-state index contributed by atoms with van der Waals surface area (Å²) in [4.78, 5) is 2.52. The highest BCUT2D eigenvalue weighted by Gasteiger charge is 2.41. The second-order valence-corrected chi connectivity index (χ2v) is 18.6. The average Bonchev–Trinajstić information content (AvgIpc) is 3.62. The van der Waals surface area contributed by atoms with E-state index in [1.807, 2.05) is 0 Å². The fourth-order valence-electron chi connectivity index (χ4n) is 10.4. The van der Waals surface area contributed by atoms with Crippen LogP contribution in [0.3, 0.4) is 0 Å². The molecule has 0 saturated heterocycles. The molecule has 1 nitrogen and oxygen atoms in total. The van der Waals surface area contributed by atoms with Gasteiger partial charge in [-0.2, -0.15) is 0 Å². The van der Waals surface area contributed by atoms with Crippen LogP contribution in [-0.4, -0.2) is 0 Å². The maximum absolute atomic E-state index is 2.52. The van der Waals surface area contributed by atoms with Crippen molar-refractivity contribution in [3.63, 3.8) is 0 Å². The van der Waals surface area contributed by atoms with Crippen LogP contribution in [0.25, 0.3) is 66.4 Å². The first-order chi connectivity index (χ1) is 31.8. The minimum atomic E-state index is -0.302. The standard InChI is InChI=1S/C64H51N/c1-63(2,3)48-35-32-47(33-36-48)53-39-37-50(42-57(53)45-22-10-6-11-23-45)65(51-38-40-60-58(43-51)55-29-18-19-31-59(55)64(60,4)49-25-12-7-13-26-49)61-41-34-46-24-14-15-28-54(46)62(61)56-30-17-16-27-52(56)44-20-8-5-9-21-44/h5-43H,1-4H3. The molecule has 0 amide bonds. The molecule has 65 heavy (non-hydrogen) atoms. The lowest BCUT2D eigenvalue weighted by atomic mass is 9.74. The van der Waals surface area contributed by atoms with Gasteiger partial charge in [-0.3, -0.25) is 0 Å². The maximum atomic E-state index is 2.52. The third-order valence-electron chi connectivity index (χ3n) is 13.7. The summed E-state index contributed by atoms with van der Waals surface area (Å²) >= 11 is 0. The fraction of sp³-hybridized carbons (Fsp3) is 0.0938. The Kier molecular flexibility index (Phi) is 9.93. The van der Waals surface area contributed by atoms with Crippen LogP contribution in [0.2, 0.25) is 0 Å². The van der Waals surface area contributed by atoms with Gasteiger partial charge in [-0.05, 0) is 126 Å². The minimum Gasteiger partial charge on any atom is -0.310 e. The van der Waals surface area contributed by atoms with Gasteiger partial charge in [0.2, 0.25) is 0 Å². The quantitative estimate of drug-likeness (QED) is 0.147. The molecule has 0 aliphatic heterocycles. The molecule has 312 valence electrons. The number of anilines is 3. The Hall–Kier alpha value is -7.74. The van der Waals surface area contributed by atoms with Crippen LogP contribution < -0.4 is 4.90 Å². The molecular formula is C64H51N. The zero-order chi connectivity index (χ0) is 44.1. The second kappa shape index (κ2) is 16.1. The number of rotatable bonds is 8. The Morgan fingerprint density at radius 2 is 0.877 bits per heavy atom. The third-order valence-corrected chi connectivity index (χ3v) is 13.7. The molecule has 10 aromatic carbocycles. The third kappa shape index (κ3) is 6.96. The van der Waals surface area contributed by atoms with Crippen molar-refractivity contribution in [1.29, 1.82) is 0 Å². The van der Waals surface area contributed by atoms with Gasteiger partial charge < -0.3 is 4.90 Å². The van der Waals surface area contributed by atoms with Crippen molar-refractivity contribution in [2.45, 2.75) is 38.5 Å². The summed E-state index contributed by atoms with van der Waals surface area (Å²) in [5.74, 6) is 0. The summed E-state index contributed by atoms with van der Waals surface area (Å²) < 4.78 is 0. The van der Waals surface area contributed by atoms with Crippen molar-refractivity contribution in [2.75, 3.05) is 4.90 Å². The van der Waals surface area contributed by atoms with Gasteiger partial charge in [-0.25, -0.2) is 0 Å². The van der Waals surface area contributed by atoms with Crippen molar-refractivity contribution >= 4 is 27.8 Å². The molecule has 10 aromatic rings. The van der Waals surface area contributed by atoms with E-state index in [0.717, 1.165) is 17.1 Å². The molecule has 0 saturated carbocycles. The van der Waals surface area contributed by atoms with E-state index in [2.05, 4.69) is 269 Å². The Morgan fingerprint density at radius 1 is 0.369 bits per heavy atom. The highest BCUT2D eigenvalue weighted by Crippen LogP contribution is 2.55. The number of hydrogen-bond donors (Lipinski definition) is 0. The molecule has 1 heteroatoms. The van der Waals surface area contributed by atoms with Crippen LogP contribution in [-0.2, 0) is 10.8 Å². The van der Waals surface area contributed by atoms with Crippen LogP contribution in [0, 0.1) is 0 Å². The molecule has 0 radical (unpaired) electrons. The Morgan fingerprint density at radius 3 is 1.57 bits per heavy atom. The van der Waals surface area contributed by atoms with Crippen LogP contribution in [0.1, 0.15) is 49.9 Å². The highest BCUT2D eigenvalue weighted by atomic mass is 15.1. The summed E-state index contributed by atoms with van der Waals surface area (Å²) in [6.07, 6.45) is 0. The van der Waals surface area contributed by atoms with E-state index < -0.39 is 0 Å². The van der Waals surface area contributed by atoms with Gasteiger partial charge in [0.15, 0.2) is 0 Å². The van der Waals surface area contributed by atoms with E-state index in [-0.39, 0.29) is 10.8 Å². The minimum absolute atomic E-state index is 0.0662. The van der Waals surface area contributed by atoms with E-state index >= 15 is 0 Å². The summed E-state index contributed by atoms with van der Waals surface area (Å²) in [7, 11) is 0. The smallest absolute Gasteiger partial charge is 0.0546 e. The lowest BCUT2D eigenvalue weighted by Gasteiger charge is -2.31. The Balaban J connectivity index is 1.20. The van der Waals surface area contributed by atoms with E-state index in [1.165, 1.54) is 88.7 Å². The van der Waals surface area contributed by atoms with Gasteiger partial charge in [-0.15, -0.1) is 0 Å².